The number of carbonyl (C=O) groups excluding carboxylic acids is 1. The Kier molecular flexibility index (Phi) is 5.54. The number of aromatic nitrogens is 5. The molecule has 1 saturated heterocycles. The van der Waals surface area contributed by atoms with E-state index in [9.17, 15) is 4.79 Å². The molecule has 0 radical (unpaired) electrons. The number of piperidine rings is 1. The summed E-state index contributed by atoms with van der Waals surface area (Å²) in [5, 5.41) is 5.88. The van der Waals surface area contributed by atoms with Gasteiger partial charge in [-0.15, -0.1) is 0 Å². The molecular weight excluding hydrogens is 514 g/mol. The minimum Gasteiger partial charge on any atom is -0.494 e. The lowest BCUT2D eigenvalue weighted by atomic mass is 10.1. The van der Waals surface area contributed by atoms with Crippen molar-refractivity contribution in [3.8, 4) is 17.3 Å². The molecule has 41 heavy (non-hydrogen) atoms. The summed E-state index contributed by atoms with van der Waals surface area (Å²) in [5.41, 5.74) is 11.9. The quantitative estimate of drug-likeness (QED) is 0.324. The Hall–Kier alpha value is -4.11. The van der Waals surface area contributed by atoms with Crippen LogP contribution in [0.3, 0.4) is 0 Å². The Morgan fingerprint density at radius 1 is 1.07 bits per heavy atom. The number of benzene rings is 2. The van der Waals surface area contributed by atoms with Crippen molar-refractivity contribution in [1.82, 2.24) is 28.8 Å². The highest BCUT2D eigenvalue weighted by molar-refractivity contribution is 6.00. The molecule has 2 saturated carbocycles. The molecule has 3 aromatic heterocycles. The maximum atomic E-state index is 13.8. The molecule has 210 valence electrons. The first kappa shape index (κ1) is 24.7. The number of methoxy groups -OCH3 is 1. The van der Waals surface area contributed by atoms with Gasteiger partial charge in [0.05, 0.1) is 30.6 Å². The number of imidazole rings is 1. The molecule has 3 aliphatic rings. The van der Waals surface area contributed by atoms with Gasteiger partial charge in [-0.05, 0) is 67.9 Å². The van der Waals surface area contributed by atoms with Gasteiger partial charge in [-0.1, -0.05) is 18.2 Å². The topological polar surface area (TPSA) is 96.1 Å². The number of hydrogen-bond donors (Lipinski definition) is 1. The monoisotopic (exact) mass is 549 g/mol. The summed E-state index contributed by atoms with van der Waals surface area (Å²) in [5.74, 6) is 2.59. The van der Waals surface area contributed by atoms with Gasteiger partial charge in [0, 0.05) is 54.9 Å². The summed E-state index contributed by atoms with van der Waals surface area (Å²) in [6.45, 7) is 2.23. The number of ether oxygens (including phenoxy) is 1. The number of carbonyl (C=O) groups is 1. The lowest BCUT2D eigenvalue weighted by Crippen LogP contribution is -2.41. The van der Waals surface area contributed by atoms with E-state index in [-0.39, 0.29) is 18.0 Å². The molecule has 5 aromatic rings. The Balaban J connectivity index is 1.31. The van der Waals surface area contributed by atoms with Crippen LogP contribution in [0, 0.1) is 11.8 Å². The lowest BCUT2D eigenvalue weighted by Gasteiger charge is -2.27. The fourth-order valence-electron chi connectivity index (χ4n) is 7.17. The molecule has 3 fully saturated rings. The Bertz CT molecular complexity index is 1810. The van der Waals surface area contributed by atoms with Gasteiger partial charge in [-0.25, -0.2) is 4.98 Å². The number of hydrogen-bond acceptors (Lipinski definition) is 5. The number of nitrogens with two attached hydrogens (primary N) is 1. The van der Waals surface area contributed by atoms with Gasteiger partial charge in [0.25, 0.3) is 5.91 Å². The molecule has 1 amide bonds. The van der Waals surface area contributed by atoms with E-state index in [0.717, 1.165) is 54.2 Å². The van der Waals surface area contributed by atoms with E-state index in [2.05, 4.69) is 44.6 Å². The molecule has 2 aliphatic carbocycles. The van der Waals surface area contributed by atoms with Crippen molar-refractivity contribution >= 4 is 27.8 Å². The van der Waals surface area contributed by atoms with E-state index in [1.54, 1.807) is 7.11 Å². The van der Waals surface area contributed by atoms with E-state index in [0.29, 0.717) is 29.7 Å². The van der Waals surface area contributed by atoms with Crippen LogP contribution in [-0.2, 0) is 20.1 Å². The Morgan fingerprint density at radius 3 is 2.63 bits per heavy atom. The zero-order valence-electron chi connectivity index (χ0n) is 23.5. The molecule has 8 rings (SSSR count). The van der Waals surface area contributed by atoms with Crippen molar-refractivity contribution in [2.45, 2.75) is 50.9 Å². The number of amides is 1. The first-order valence-corrected chi connectivity index (χ1v) is 14.7. The van der Waals surface area contributed by atoms with E-state index in [4.69, 9.17) is 15.5 Å². The highest BCUT2D eigenvalue weighted by Crippen LogP contribution is 2.40. The van der Waals surface area contributed by atoms with E-state index >= 15 is 0 Å². The van der Waals surface area contributed by atoms with Gasteiger partial charge in [0.2, 0.25) is 0 Å². The molecule has 9 heteroatoms. The van der Waals surface area contributed by atoms with Crippen LogP contribution in [0.4, 0.5) is 0 Å². The summed E-state index contributed by atoms with van der Waals surface area (Å²) >= 11 is 0. The summed E-state index contributed by atoms with van der Waals surface area (Å²) in [7, 11) is 3.60. The number of fused-ring (bicyclic) bond motifs is 4. The number of para-hydroxylation sites is 1. The van der Waals surface area contributed by atoms with Crippen LogP contribution in [0.5, 0.6) is 5.75 Å². The van der Waals surface area contributed by atoms with E-state index in [1.807, 2.05) is 41.0 Å². The van der Waals surface area contributed by atoms with Crippen LogP contribution in [0.25, 0.3) is 33.5 Å². The minimum atomic E-state index is 0.0107. The van der Waals surface area contributed by atoms with Crippen LogP contribution in [0.2, 0.25) is 0 Å². The van der Waals surface area contributed by atoms with E-state index < -0.39 is 0 Å². The average Bonchev–Trinajstić information content (AvgIpc) is 3.25. The van der Waals surface area contributed by atoms with Gasteiger partial charge < -0.3 is 24.5 Å². The molecule has 2 unspecified atom stereocenters. The van der Waals surface area contributed by atoms with Crippen molar-refractivity contribution in [3.05, 3.63) is 66.0 Å². The molecule has 0 spiro atoms. The standard InChI is InChI=1S/C32H35N7O2/c1-36-12-11-23(35-36)18-39-30-24(13-22(15-28(30)41-2)32(40)38-17-21-9-10-26(38)29(21)33)34-31(39)27-14-20-5-3-4-6-25(20)37(27)16-19-7-8-19/h3-6,11-15,19,21,26,29H,7-10,16-18,33H2,1-2H3/t21?,26?,29-/m1/s1. The summed E-state index contributed by atoms with van der Waals surface area (Å²) in [6.07, 6.45) is 6.56. The van der Waals surface area contributed by atoms with Crippen LogP contribution >= 0.6 is 0 Å². The molecular formula is C32H35N7O2. The third kappa shape index (κ3) is 3.97. The third-order valence-corrected chi connectivity index (χ3v) is 9.45. The lowest BCUT2D eigenvalue weighted by molar-refractivity contribution is 0.0700. The summed E-state index contributed by atoms with van der Waals surface area (Å²) in [6, 6.07) is 16.8. The second kappa shape index (κ2) is 9.21. The van der Waals surface area contributed by atoms with Crippen LogP contribution in [0.1, 0.15) is 41.7 Å². The maximum Gasteiger partial charge on any atom is 0.254 e. The number of likely N-dealkylation sites (tertiary alicyclic amines) is 1. The van der Waals surface area contributed by atoms with Gasteiger partial charge in [-0.3, -0.25) is 9.48 Å². The number of nitrogens with zero attached hydrogens (tertiary/aromatic N) is 6. The van der Waals surface area contributed by atoms with Crippen molar-refractivity contribution in [1.29, 1.82) is 0 Å². The SMILES string of the molecule is COc1cc(C(=O)N2CC3CCC2[C@@H]3N)cc2nc(-c3cc4ccccc4n3CC3CC3)n(Cc3ccn(C)n3)c12. The molecule has 2 bridgehead atoms. The average molecular weight is 550 g/mol. The van der Waals surface area contributed by atoms with Crippen molar-refractivity contribution in [2.75, 3.05) is 13.7 Å². The highest BCUT2D eigenvalue weighted by atomic mass is 16.5. The van der Waals surface area contributed by atoms with Gasteiger partial charge in [0.1, 0.15) is 11.3 Å². The van der Waals surface area contributed by atoms with Crippen molar-refractivity contribution in [3.63, 3.8) is 0 Å². The molecule has 1 aliphatic heterocycles. The smallest absolute Gasteiger partial charge is 0.254 e. The maximum absolute atomic E-state index is 13.8. The number of rotatable bonds is 7. The van der Waals surface area contributed by atoms with Crippen molar-refractivity contribution < 1.29 is 9.53 Å². The van der Waals surface area contributed by atoms with Gasteiger partial charge in [0.15, 0.2) is 5.82 Å². The first-order chi connectivity index (χ1) is 20.0. The summed E-state index contributed by atoms with van der Waals surface area (Å²) in [4.78, 5) is 21.0. The van der Waals surface area contributed by atoms with Crippen LogP contribution < -0.4 is 10.5 Å². The Labute approximate surface area is 238 Å². The zero-order valence-corrected chi connectivity index (χ0v) is 23.5. The summed E-state index contributed by atoms with van der Waals surface area (Å²) < 4.78 is 12.4. The fraction of sp³-hybridized carbons (Fsp3) is 0.406. The first-order valence-electron chi connectivity index (χ1n) is 14.7. The van der Waals surface area contributed by atoms with Crippen molar-refractivity contribution in [2.24, 2.45) is 24.6 Å². The van der Waals surface area contributed by atoms with Crippen LogP contribution in [-0.4, -0.2) is 60.4 Å². The molecule has 2 aromatic carbocycles. The zero-order chi connectivity index (χ0) is 27.8. The Morgan fingerprint density at radius 2 is 1.93 bits per heavy atom. The second-order valence-corrected chi connectivity index (χ2v) is 12.1. The van der Waals surface area contributed by atoms with E-state index in [1.165, 1.54) is 23.7 Å². The minimum absolute atomic E-state index is 0.0107. The normalized spacial score (nSPS) is 21.9. The predicted octanol–water partition coefficient (Wildman–Crippen LogP) is 4.42. The molecule has 2 N–H and O–H groups in total. The fourth-order valence-corrected chi connectivity index (χ4v) is 7.17. The molecule has 3 atom stereocenters. The van der Waals surface area contributed by atoms with Gasteiger partial charge >= 0.3 is 0 Å². The third-order valence-electron chi connectivity index (χ3n) is 9.45. The second-order valence-electron chi connectivity index (χ2n) is 12.1. The van der Waals surface area contributed by atoms with Gasteiger partial charge in [-0.2, -0.15) is 5.10 Å². The van der Waals surface area contributed by atoms with Crippen LogP contribution in [0.15, 0.2) is 54.7 Å². The molecule has 9 nitrogen and oxygen atoms in total. The largest absolute Gasteiger partial charge is 0.494 e. The predicted molar refractivity (Wildman–Crippen MR) is 158 cm³/mol. The molecule has 4 heterocycles. The number of aryl methyl sites for hydroxylation is 1. The highest BCUT2D eigenvalue weighted by Gasteiger charge is 2.47.